The molecule has 0 aliphatic carbocycles. The lowest BCUT2D eigenvalue weighted by atomic mass is 9.98. The molecule has 0 aromatic heterocycles. The van der Waals surface area contributed by atoms with Crippen molar-refractivity contribution in [2.75, 3.05) is 20.1 Å². The molecule has 2 aromatic rings. The first-order valence-electron chi connectivity index (χ1n) is 9.69. The van der Waals surface area contributed by atoms with Crippen LogP contribution in [-0.4, -0.2) is 52.6 Å². The molecule has 3 rings (SSSR count). The molecule has 1 aliphatic heterocycles. The predicted molar refractivity (Wildman–Crippen MR) is 112 cm³/mol. The standard InChI is InChI=1S/C21H22FN5O4/c1-3-23-21(29)25(2)13-20(28)26-19(15-5-4-6-17(11-15)27(30)31)12-18(24-26)14-7-9-16(22)10-8-14/h4-11,19H,3,12-13H2,1-2H3,(H,23,29). The molecule has 0 fully saturated rings. The molecule has 0 bridgehead atoms. The fraction of sp³-hybridized carbons (Fsp3) is 0.286. The van der Waals surface area contributed by atoms with Gasteiger partial charge in [0, 0.05) is 32.1 Å². The summed E-state index contributed by atoms with van der Waals surface area (Å²) in [6.07, 6.45) is 0.295. The number of urea groups is 1. The number of rotatable bonds is 6. The van der Waals surface area contributed by atoms with Gasteiger partial charge in [-0.25, -0.2) is 14.2 Å². The smallest absolute Gasteiger partial charge is 0.317 e. The van der Waals surface area contributed by atoms with Crippen molar-refractivity contribution in [2.24, 2.45) is 5.10 Å². The van der Waals surface area contributed by atoms with Gasteiger partial charge in [0.2, 0.25) is 0 Å². The number of nitro groups is 1. The van der Waals surface area contributed by atoms with E-state index in [4.69, 9.17) is 0 Å². The topological polar surface area (TPSA) is 108 Å². The molecule has 0 spiro atoms. The number of nitrogens with zero attached hydrogens (tertiary/aromatic N) is 4. The fourth-order valence-electron chi connectivity index (χ4n) is 3.30. The maximum Gasteiger partial charge on any atom is 0.317 e. The second-order valence-electron chi connectivity index (χ2n) is 7.06. The molecule has 0 saturated carbocycles. The minimum atomic E-state index is -0.588. The fourth-order valence-corrected chi connectivity index (χ4v) is 3.30. The van der Waals surface area contributed by atoms with Gasteiger partial charge in [0.15, 0.2) is 0 Å². The number of amides is 3. The number of hydrogen-bond donors (Lipinski definition) is 1. The van der Waals surface area contributed by atoms with Crippen LogP contribution in [0.3, 0.4) is 0 Å². The number of carbonyl (C=O) groups is 2. The normalized spacial score (nSPS) is 15.4. The first-order valence-corrected chi connectivity index (χ1v) is 9.69. The number of benzene rings is 2. The Kier molecular flexibility index (Phi) is 6.58. The Morgan fingerprint density at radius 2 is 2.00 bits per heavy atom. The van der Waals surface area contributed by atoms with E-state index in [1.165, 1.54) is 41.2 Å². The van der Waals surface area contributed by atoms with E-state index in [1.807, 2.05) is 0 Å². The number of carbonyl (C=O) groups excluding carboxylic acids is 2. The number of likely N-dealkylation sites (N-methyl/N-ethyl adjacent to an activating group) is 1. The average molecular weight is 427 g/mol. The van der Waals surface area contributed by atoms with Crippen molar-refractivity contribution >= 4 is 23.3 Å². The molecule has 31 heavy (non-hydrogen) atoms. The van der Waals surface area contributed by atoms with Crippen LogP contribution in [0.25, 0.3) is 0 Å². The van der Waals surface area contributed by atoms with Crippen LogP contribution in [0.2, 0.25) is 0 Å². The molecule has 10 heteroatoms. The first-order chi connectivity index (χ1) is 14.8. The number of hydrazone groups is 1. The van der Waals surface area contributed by atoms with Crippen molar-refractivity contribution in [3.8, 4) is 0 Å². The number of nitrogens with one attached hydrogen (secondary N) is 1. The molecule has 1 heterocycles. The highest BCUT2D eigenvalue weighted by atomic mass is 19.1. The lowest BCUT2D eigenvalue weighted by Crippen LogP contribution is -2.43. The summed E-state index contributed by atoms with van der Waals surface area (Å²) in [6.45, 7) is 1.97. The zero-order valence-corrected chi connectivity index (χ0v) is 17.1. The summed E-state index contributed by atoms with van der Waals surface area (Å²) in [7, 11) is 1.49. The molecule has 162 valence electrons. The molecule has 0 saturated heterocycles. The van der Waals surface area contributed by atoms with Gasteiger partial charge in [-0.2, -0.15) is 5.10 Å². The monoisotopic (exact) mass is 427 g/mol. The molecule has 2 aromatic carbocycles. The Hall–Kier alpha value is -3.82. The molecule has 9 nitrogen and oxygen atoms in total. The van der Waals surface area contributed by atoms with Crippen LogP contribution in [0.1, 0.15) is 30.5 Å². The van der Waals surface area contributed by atoms with Gasteiger partial charge in [-0.15, -0.1) is 0 Å². The van der Waals surface area contributed by atoms with E-state index < -0.39 is 28.7 Å². The highest BCUT2D eigenvalue weighted by molar-refractivity contribution is 6.03. The molecule has 1 N–H and O–H groups in total. The zero-order chi connectivity index (χ0) is 22.5. The quantitative estimate of drug-likeness (QED) is 0.564. The Labute approximate surface area is 178 Å². The van der Waals surface area contributed by atoms with Crippen LogP contribution in [-0.2, 0) is 4.79 Å². The second-order valence-corrected chi connectivity index (χ2v) is 7.06. The number of hydrogen-bond acceptors (Lipinski definition) is 5. The third-order valence-electron chi connectivity index (χ3n) is 4.86. The average Bonchev–Trinajstić information content (AvgIpc) is 3.20. The molecule has 0 radical (unpaired) electrons. The molecular weight excluding hydrogens is 405 g/mol. The largest absolute Gasteiger partial charge is 0.338 e. The molecular formula is C21H22FN5O4. The SMILES string of the molecule is CCNC(=O)N(C)CC(=O)N1N=C(c2ccc(F)cc2)CC1c1cccc([N+](=O)[O-])c1. The third-order valence-corrected chi connectivity index (χ3v) is 4.86. The molecule has 1 unspecified atom stereocenters. The Bertz CT molecular complexity index is 1020. The highest BCUT2D eigenvalue weighted by Crippen LogP contribution is 2.34. The van der Waals surface area contributed by atoms with Crippen molar-refractivity contribution in [2.45, 2.75) is 19.4 Å². The van der Waals surface area contributed by atoms with Crippen molar-refractivity contribution in [3.05, 3.63) is 75.6 Å². The predicted octanol–water partition coefficient (Wildman–Crippen LogP) is 3.07. The van der Waals surface area contributed by atoms with Gasteiger partial charge in [0.1, 0.15) is 12.4 Å². The van der Waals surface area contributed by atoms with Crippen LogP contribution in [0.5, 0.6) is 0 Å². The van der Waals surface area contributed by atoms with Crippen molar-refractivity contribution in [1.29, 1.82) is 0 Å². The number of nitro benzene ring substituents is 1. The Balaban J connectivity index is 1.92. The van der Waals surface area contributed by atoms with E-state index >= 15 is 0 Å². The second kappa shape index (κ2) is 9.33. The van der Waals surface area contributed by atoms with Gasteiger partial charge < -0.3 is 10.2 Å². The van der Waals surface area contributed by atoms with Gasteiger partial charge >= 0.3 is 6.03 Å². The third kappa shape index (κ3) is 5.03. The van der Waals surface area contributed by atoms with Crippen LogP contribution >= 0.6 is 0 Å². The maximum absolute atomic E-state index is 13.3. The molecule has 1 atom stereocenters. The lowest BCUT2D eigenvalue weighted by molar-refractivity contribution is -0.384. The molecule has 3 amide bonds. The van der Waals surface area contributed by atoms with Gasteiger partial charge in [-0.1, -0.05) is 24.3 Å². The van der Waals surface area contributed by atoms with E-state index in [0.29, 0.717) is 29.8 Å². The van der Waals surface area contributed by atoms with E-state index in [-0.39, 0.29) is 12.2 Å². The van der Waals surface area contributed by atoms with Gasteiger partial charge in [-0.3, -0.25) is 14.9 Å². The summed E-state index contributed by atoms with van der Waals surface area (Å²) in [5.74, 6) is -0.837. The minimum absolute atomic E-state index is 0.0976. The van der Waals surface area contributed by atoms with E-state index in [0.717, 1.165) is 0 Å². The van der Waals surface area contributed by atoms with Gasteiger partial charge in [-0.05, 0) is 30.2 Å². The number of halogens is 1. The summed E-state index contributed by atoms with van der Waals surface area (Å²) in [6, 6.07) is 10.8. The minimum Gasteiger partial charge on any atom is -0.338 e. The van der Waals surface area contributed by atoms with Crippen molar-refractivity contribution in [1.82, 2.24) is 15.2 Å². The Morgan fingerprint density at radius 1 is 1.29 bits per heavy atom. The van der Waals surface area contributed by atoms with E-state index in [9.17, 15) is 24.1 Å². The summed E-state index contributed by atoms with van der Waals surface area (Å²) >= 11 is 0. The van der Waals surface area contributed by atoms with Crippen molar-refractivity contribution < 1.29 is 18.9 Å². The molecule has 1 aliphatic rings. The van der Waals surface area contributed by atoms with Crippen LogP contribution in [0, 0.1) is 15.9 Å². The highest BCUT2D eigenvalue weighted by Gasteiger charge is 2.34. The van der Waals surface area contributed by atoms with Crippen LogP contribution < -0.4 is 5.32 Å². The van der Waals surface area contributed by atoms with Crippen molar-refractivity contribution in [3.63, 3.8) is 0 Å². The first kappa shape index (κ1) is 21.9. The summed E-state index contributed by atoms with van der Waals surface area (Å²) in [4.78, 5) is 36.9. The van der Waals surface area contributed by atoms with Crippen LogP contribution in [0.15, 0.2) is 53.6 Å². The zero-order valence-electron chi connectivity index (χ0n) is 17.1. The van der Waals surface area contributed by atoms with Crippen LogP contribution in [0.4, 0.5) is 14.9 Å². The maximum atomic E-state index is 13.3. The van der Waals surface area contributed by atoms with Gasteiger partial charge in [0.05, 0.1) is 16.7 Å². The van der Waals surface area contributed by atoms with E-state index in [2.05, 4.69) is 10.4 Å². The van der Waals surface area contributed by atoms with Gasteiger partial charge in [0.25, 0.3) is 11.6 Å². The Morgan fingerprint density at radius 3 is 2.65 bits per heavy atom. The van der Waals surface area contributed by atoms with E-state index in [1.54, 1.807) is 31.2 Å². The summed E-state index contributed by atoms with van der Waals surface area (Å²) in [5.41, 5.74) is 1.64. The summed E-state index contributed by atoms with van der Waals surface area (Å²) < 4.78 is 13.3. The summed E-state index contributed by atoms with van der Waals surface area (Å²) in [5, 5.41) is 19.5. The lowest BCUT2D eigenvalue weighted by Gasteiger charge is -2.24. The number of non-ortho nitro benzene ring substituents is 1.